The van der Waals surface area contributed by atoms with Crippen LogP contribution in [0.25, 0.3) is 0 Å². The van der Waals surface area contributed by atoms with Crippen molar-refractivity contribution < 1.29 is 4.74 Å². The maximum atomic E-state index is 5.90. The van der Waals surface area contributed by atoms with E-state index in [1.54, 1.807) is 0 Å². The smallest absolute Gasteiger partial charge is 0.119 e. The summed E-state index contributed by atoms with van der Waals surface area (Å²) in [6.07, 6.45) is 1.16. The lowest BCUT2D eigenvalue weighted by Crippen LogP contribution is -2.18. The number of nitrogens with one attached hydrogen (secondary N) is 1. The molecule has 0 aliphatic carbocycles. The summed E-state index contributed by atoms with van der Waals surface area (Å²) < 4.78 is 5.64. The summed E-state index contributed by atoms with van der Waals surface area (Å²) in [7, 11) is 0. The van der Waals surface area contributed by atoms with E-state index in [0.717, 1.165) is 22.9 Å². The summed E-state index contributed by atoms with van der Waals surface area (Å²) in [4.78, 5) is 0. The van der Waals surface area contributed by atoms with Gasteiger partial charge in [-0.2, -0.15) is 0 Å². The average Bonchev–Trinajstić information content (AvgIpc) is 2.43. The molecule has 0 radical (unpaired) electrons. The Balaban J connectivity index is 1.90. The van der Waals surface area contributed by atoms with E-state index in [4.69, 9.17) is 16.3 Å². The molecule has 112 valence electrons. The molecule has 2 nitrogen and oxygen atoms in total. The molecule has 0 saturated heterocycles. The van der Waals surface area contributed by atoms with Crippen LogP contribution in [0.2, 0.25) is 5.02 Å². The fraction of sp³-hybridized carbons (Fsp3) is 0.333. The predicted octanol–water partition coefficient (Wildman–Crippen LogP) is 5.17. The van der Waals surface area contributed by atoms with E-state index in [2.05, 4.69) is 36.5 Å². The summed E-state index contributed by atoms with van der Waals surface area (Å²) in [5, 5.41) is 4.27. The van der Waals surface area contributed by atoms with Crippen molar-refractivity contribution in [1.82, 2.24) is 0 Å². The van der Waals surface area contributed by atoms with E-state index in [1.807, 2.05) is 38.1 Å². The van der Waals surface area contributed by atoms with Gasteiger partial charge in [-0.15, -0.1) is 0 Å². The molecule has 2 aromatic carbocycles. The maximum absolute atomic E-state index is 5.90. The van der Waals surface area contributed by atoms with Crippen LogP contribution in [0.5, 0.6) is 5.75 Å². The topological polar surface area (TPSA) is 21.3 Å². The monoisotopic (exact) mass is 303 g/mol. The Morgan fingerprint density at radius 1 is 0.952 bits per heavy atom. The molecule has 21 heavy (non-hydrogen) atoms. The van der Waals surface area contributed by atoms with Crippen molar-refractivity contribution in [2.24, 2.45) is 0 Å². The average molecular weight is 304 g/mol. The van der Waals surface area contributed by atoms with Gasteiger partial charge in [0.25, 0.3) is 0 Å². The number of hydrogen-bond donors (Lipinski definition) is 1. The van der Waals surface area contributed by atoms with Crippen LogP contribution >= 0.6 is 11.6 Å². The van der Waals surface area contributed by atoms with Crippen molar-refractivity contribution in [3.05, 3.63) is 59.1 Å². The van der Waals surface area contributed by atoms with Gasteiger partial charge in [0.2, 0.25) is 0 Å². The van der Waals surface area contributed by atoms with Gasteiger partial charge >= 0.3 is 0 Å². The summed E-state index contributed by atoms with van der Waals surface area (Å²) in [5.41, 5.74) is 2.38. The zero-order valence-electron chi connectivity index (χ0n) is 12.8. The predicted molar refractivity (Wildman–Crippen MR) is 90.4 cm³/mol. The Bertz CT molecular complexity index is 548. The minimum atomic E-state index is 0.202. The molecular formula is C18H22ClNO. The van der Waals surface area contributed by atoms with E-state index >= 15 is 0 Å². The van der Waals surface area contributed by atoms with E-state index in [-0.39, 0.29) is 6.10 Å². The highest BCUT2D eigenvalue weighted by Crippen LogP contribution is 2.18. The van der Waals surface area contributed by atoms with E-state index in [9.17, 15) is 0 Å². The molecule has 0 saturated carbocycles. The highest BCUT2D eigenvalue weighted by atomic mass is 35.5. The van der Waals surface area contributed by atoms with Gasteiger partial charge in [-0.3, -0.25) is 0 Å². The normalized spacial score (nSPS) is 12.2. The first-order valence-corrected chi connectivity index (χ1v) is 7.68. The van der Waals surface area contributed by atoms with Gasteiger partial charge in [0.05, 0.1) is 6.10 Å². The zero-order chi connectivity index (χ0) is 15.2. The highest BCUT2D eigenvalue weighted by molar-refractivity contribution is 6.30. The summed E-state index contributed by atoms with van der Waals surface area (Å²) in [6.45, 7) is 6.23. The lowest BCUT2D eigenvalue weighted by molar-refractivity contribution is 0.242. The van der Waals surface area contributed by atoms with Gasteiger partial charge in [0.15, 0.2) is 0 Å². The van der Waals surface area contributed by atoms with Crippen molar-refractivity contribution in [3.63, 3.8) is 0 Å². The number of benzene rings is 2. The second-order valence-corrected chi connectivity index (χ2v) is 6.00. The molecule has 1 atom stereocenters. The molecule has 0 heterocycles. The Morgan fingerprint density at radius 2 is 1.57 bits per heavy atom. The lowest BCUT2D eigenvalue weighted by atomic mass is 10.1. The molecular weight excluding hydrogens is 282 g/mol. The number of hydrogen-bond acceptors (Lipinski definition) is 2. The van der Waals surface area contributed by atoms with Gasteiger partial charge < -0.3 is 10.1 Å². The third-order valence-corrected chi connectivity index (χ3v) is 3.35. The molecule has 0 aromatic heterocycles. The van der Waals surface area contributed by atoms with E-state index < -0.39 is 0 Å². The standard InChI is InChI=1S/C18H22ClNO/c1-13(2)21-18-10-8-17(9-11-18)20-14(3)12-15-4-6-16(19)7-5-15/h4-11,13-14,20H,12H2,1-3H3. The first-order chi connectivity index (χ1) is 10.0. The van der Waals surface area contributed by atoms with Crippen LogP contribution in [-0.4, -0.2) is 12.1 Å². The van der Waals surface area contributed by atoms with Crippen LogP contribution < -0.4 is 10.1 Å². The highest BCUT2D eigenvalue weighted by Gasteiger charge is 2.04. The number of rotatable bonds is 6. The molecule has 0 aliphatic heterocycles. The summed E-state index contributed by atoms with van der Waals surface area (Å²) in [6, 6.07) is 16.5. The van der Waals surface area contributed by atoms with Crippen LogP contribution in [0, 0.1) is 0 Å². The van der Waals surface area contributed by atoms with E-state index in [1.165, 1.54) is 5.56 Å². The summed E-state index contributed by atoms with van der Waals surface area (Å²) in [5.74, 6) is 0.904. The molecule has 0 aliphatic rings. The van der Waals surface area contributed by atoms with Gasteiger partial charge in [-0.05, 0) is 69.2 Å². The number of halogens is 1. The lowest BCUT2D eigenvalue weighted by Gasteiger charge is -2.16. The van der Waals surface area contributed by atoms with Crippen molar-refractivity contribution in [1.29, 1.82) is 0 Å². The van der Waals surface area contributed by atoms with Crippen molar-refractivity contribution in [2.45, 2.75) is 39.3 Å². The third-order valence-electron chi connectivity index (χ3n) is 3.09. The third kappa shape index (κ3) is 5.31. The van der Waals surface area contributed by atoms with Crippen LogP contribution in [0.3, 0.4) is 0 Å². The van der Waals surface area contributed by atoms with Crippen LogP contribution in [0.1, 0.15) is 26.3 Å². The molecule has 0 bridgehead atoms. The second-order valence-electron chi connectivity index (χ2n) is 5.57. The molecule has 1 unspecified atom stereocenters. The van der Waals surface area contributed by atoms with Gasteiger partial charge in [-0.1, -0.05) is 23.7 Å². The SMILES string of the molecule is CC(Cc1ccc(Cl)cc1)Nc1ccc(OC(C)C)cc1. The first-order valence-electron chi connectivity index (χ1n) is 7.30. The van der Waals surface area contributed by atoms with Gasteiger partial charge in [0.1, 0.15) is 5.75 Å². The van der Waals surface area contributed by atoms with Crippen molar-refractivity contribution in [2.75, 3.05) is 5.32 Å². The molecule has 3 heteroatoms. The molecule has 0 spiro atoms. The van der Waals surface area contributed by atoms with Crippen molar-refractivity contribution in [3.8, 4) is 5.75 Å². The quantitative estimate of drug-likeness (QED) is 0.795. The molecule has 2 aromatic rings. The van der Waals surface area contributed by atoms with Crippen LogP contribution in [0.4, 0.5) is 5.69 Å². The summed E-state index contributed by atoms with van der Waals surface area (Å²) >= 11 is 5.90. The Hall–Kier alpha value is -1.67. The first kappa shape index (κ1) is 15.7. The van der Waals surface area contributed by atoms with Crippen LogP contribution in [0.15, 0.2) is 48.5 Å². The van der Waals surface area contributed by atoms with Gasteiger partial charge in [-0.25, -0.2) is 0 Å². The molecule has 2 rings (SSSR count). The van der Waals surface area contributed by atoms with Crippen LogP contribution in [-0.2, 0) is 6.42 Å². The fourth-order valence-electron chi connectivity index (χ4n) is 2.21. The van der Waals surface area contributed by atoms with E-state index in [0.29, 0.717) is 6.04 Å². The Morgan fingerprint density at radius 3 is 2.14 bits per heavy atom. The zero-order valence-corrected chi connectivity index (χ0v) is 13.5. The molecule has 1 N–H and O–H groups in total. The second kappa shape index (κ2) is 7.37. The van der Waals surface area contributed by atoms with Gasteiger partial charge in [0, 0.05) is 16.8 Å². The number of ether oxygens (including phenoxy) is 1. The number of anilines is 1. The molecule has 0 fully saturated rings. The van der Waals surface area contributed by atoms with Crippen molar-refractivity contribution >= 4 is 17.3 Å². The Labute approximate surface area is 132 Å². The minimum Gasteiger partial charge on any atom is -0.491 e. The largest absolute Gasteiger partial charge is 0.491 e. The molecule has 0 amide bonds. The minimum absolute atomic E-state index is 0.202. The Kier molecular flexibility index (Phi) is 5.51. The maximum Gasteiger partial charge on any atom is 0.119 e. The fourth-order valence-corrected chi connectivity index (χ4v) is 2.34.